The number of hydrogen-bond acceptors (Lipinski definition) is 2. The fourth-order valence-corrected chi connectivity index (χ4v) is 6.35. The Morgan fingerprint density at radius 3 is 1.38 bits per heavy atom. The highest BCUT2D eigenvalue weighted by Crippen LogP contribution is 2.14. The second-order valence-corrected chi connectivity index (χ2v) is 15.9. The van der Waals surface area contributed by atoms with E-state index in [1.54, 1.807) is 0 Å². The zero-order valence-electron chi connectivity index (χ0n) is 9.27. The van der Waals surface area contributed by atoms with E-state index in [0.717, 1.165) is 0 Å². The molecule has 0 fully saturated rings. The van der Waals surface area contributed by atoms with Crippen LogP contribution in [-0.4, -0.2) is 30.7 Å². The number of rotatable bonds is 5. The second-order valence-electron chi connectivity index (χ2n) is 4.90. The summed E-state index contributed by atoms with van der Waals surface area (Å²) in [5.41, 5.74) is 0. The van der Waals surface area contributed by atoms with Gasteiger partial charge in [0.2, 0.25) is 8.14 Å². The summed E-state index contributed by atoms with van der Waals surface area (Å²) < 4.78 is 11.8. The van der Waals surface area contributed by atoms with E-state index >= 15 is 0 Å². The Bertz CT molecular complexity index is 137. The van der Waals surface area contributed by atoms with Gasteiger partial charge in [0.15, 0.2) is 16.6 Å². The van der Waals surface area contributed by atoms with E-state index in [9.17, 15) is 0 Å². The van der Waals surface area contributed by atoms with E-state index in [1.807, 2.05) is 0 Å². The van der Waals surface area contributed by atoms with Crippen molar-refractivity contribution in [3.8, 4) is 0 Å². The molecule has 0 aliphatic rings. The zero-order chi connectivity index (χ0) is 10.7. The summed E-state index contributed by atoms with van der Waals surface area (Å²) in [5.74, 6) is -0.0293. The fraction of sp³-hybridized carbons (Fsp3) is 1.00. The Balaban J connectivity index is 4.05. The molecule has 0 aromatic carbocycles. The van der Waals surface area contributed by atoms with Crippen molar-refractivity contribution in [1.29, 1.82) is 0 Å². The SMILES string of the molecule is C[Si](C)(C)OC(O[Si](C)(C)C)[Si]Br. The highest BCUT2D eigenvalue weighted by Gasteiger charge is 2.26. The molecule has 0 aromatic rings. The highest BCUT2D eigenvalue weighted by molar-refractivity contribution is 9.23. The largest absolute Gasteiger partial charge is 0.396 e. The Morgan fingerprint density at radius 1 is 0.923 bits per heavy atom. The molecule has 0 unspecified atom stereocenters. The van der Waals surface area contributed by atoms with Gasteiger partial charge in [0.05, 0.1) is 0 Å². The van der Waals surface area contributed by atoms with Crippen LogP contribution in [0.4, 0.5) is 0 Å². The molecule has 0 atom stereocenters. The third-order valence-corrected chi connectivity index (χ3v) is 4.86. The maximum atomic E-state index is 5.88. The molecule has 0 N–H and O–H groups in total. The van der Waals surface area contributed by atoms with Gasteiger partial charge in [-0.1, -0.05) is 0 Å². The predicted octanol–water partition coefficient (Wildman–Crippen LogP) is 2.99. The van der Waals surface area contributed by atoms with E-state index in [4.69, 9.17) is 8.85 Å². The lowest BCUT2D eigenvalue weighted by Crippen LogP contribution is -2.41. The minimum atomic E-state index is -1.47. The third kappa shape index (κ3) is 9.36. The monoisotopic (exact) mass is 298 g/mol. The van der Waals surface area contributed by atoms with Crippen LogP contribution in [0.5, 0.6) is 0 Å². The first-order chi connectivity index (χ1) is 5.64. The van der Waals surface area contributed by atoms with Crippen molar-refractivity contribution in [3.63, 3.8) is 0 Å². The molecule has 0 spiro atoms. The van der Waals surface area contributed by atoms with Crippen LogP contribution in [0, 0.1) is 0 Å². The number of halogens is 1. The lowest BCUT2D eigenvalue weighted by atomic mass is 11.5. The van der Waals surface area contributed by atoms with Crippen LogP contribution in [0.25, 0.3) is 0 Å². The number of hydrogen-bond donors (Lipinski definition) is 0. The normalized spacial score (nSPS) is 13.8. The van der Waals surface area contributed by atoms with Gasteiger partial charge in [-0.2, -0.15) is 0 Å². The molecule has 0 aliphatic carbocycles. The summed E-state index contributed by atoms with van der Waals surface area (Å²) in [4.78, 5) is 0. The Morgan fingerprint density at radius 2 is 1.23 bits per heavy atom. The average Bonchev–Trinajstić information content (AvgIpc) is 1.79. The van der Waals surface area contributed by atoms with Gasteiger partial charge in [-0.3, -0.25) is 0 Å². The minimum absolute atomic E-state index is 0.0293. The van der Waals surface area contributed by atoms with Gasteiger partial charge in [-0.15, -0.1) is 15.3 Å². The molecule has 0 saturated heterocycles. The molecule has 78 valence electrons. The molecule has 2 radical (unpaired) electrons. The lowest BCUT2D eigenvalue weighted by molar-refractivity contribution is 0.0633. The molecule has 0 heterocycles. The summed E-state index contributed by atoms with van der Waals surface area (Å²) >= 11 is 3.44. The van der Waals surface area contributed by atoms with E-state index < -0.39 is 16.6 Å². The summed E-state index contributed by atoms with van der Waals surface area (Å²) in [7, 11) is -2.40. The van der Waals surface area contributed by atoms with Crippen molar-refractivity contribution in [2.45, 2.75) is 45.2 Å². The van der Waals surface area contributed by atoms with Crippen LogP contribution >= 0.6 is 15.3 Å². The minimum Gasteiger partial charge on any atom is -0.396 e. The van der Waals surface area contributed by atoms with E-state index in [0.29, 0.717) is 8.14 Å². The molecule has 0 rings (SSSR count). The molecular formula is C7H19BrO2Si3. The fourth-order valence-electron chi connectivity index (χ4n) is 0.711. The molecule has 6 heteroatoms. The molecule has 0 aromatic heterocycles. The van der Waals surface area contributed by atoms with Gasteiger partial charge < -0.3 is 8.85 Å². The van der Waals surface area contributed by atoms with Crippen molar-refractivity contribution >= 4 is 40.1 Å². The predicted molar refractivity (Wildman–Crippen MR) is 67.3 cm³/mol. The van der Waals surface area contributed by atoms with Gasteiger partial charge >= 0.3 is 0 Å². The molecule has 0 amide bonds. The highest BCUT2D eigenvalue weighted by atomic mass is 79.9. The van der Waals surface area contributed by atoms with Crippen LogP contribution < -0.4 is 0 Å². The first kappa shape index (κ1) is 14.1. The molecule has 0 aliphatic heterocycles. The van der Waals surface area contributed by atoms with Crippen LogP contribution in [0.1, 0.15) is 0 Å². The van der Waals surface area contributed by atoms with Gasteiger partial charge in [-0.25, -0.2) is 0 Å². The Labute approximate surface area is 94.1 Å². The van der Waals surface area contributed by atoms with Gasteiger partial charge in [0.1, 0.15) is 5.91 Å². The van der Waals surface area contributed by atoms with Crippen LogP contribution in [0.15, 0.2) is 0 Å². The van der Waals surface area contributed by atoms with Crippen LogP contribution in [-0.2, 0) is 8.85 Å². The van der Waals surface area contributed by atoms with Gasteiger partial charge in [0, 0.05) is 0 Å². The average molecular weight is 299 g/mol. The first-order valence-electron chi connectivity index (χ1n) is 4.36. The molecule has 2 nitrogen and oxygen atoms in total. The second kappa shape index (κ2) is 5.22. The van der Waals surface area contributed by atoms with E-state index in [-0.39, 0.29) is 5.91 Å². The maximum Gasteiger partial charge on any atom is 0.208 e. The van der Waals surface area contributed by atoms with E-state index in [1.165, 1.54) is 0 Å². The smallest absolute Gasteiger partial charge is 0.208 e. The van der Waals surface area contributed by atoms with Crippen molar-refractivity contribution in [1.82, 2.24) is 0 Å². The molecular weight excluding hydrogens is 280 g/mol. The van der Waals surface area contributed by atoms with Gasteiger partial charge in [-0.05, 0) is 39.3 Å². The summed E-state index contributed by atoms with van der Waals surface area (Å²) in [6.45, 7) is 13.1. The Kier molecular flexibility index (Phi) is 5.64. The maximum absolute atomic E-state index is 5.88. The first-order valence-corrected chi connectivity index (χ1v) is 14.5. The summed E-state index contributed by atoms with van der Waals surface area (Å²) in [5, 5.41) is 0. The van der Waals surface area contributed by atoms with Crippen molar-refractivity contribution < 1.29 is 8.85 Å². The zero-order valence-corrected chi connectivity index (χ0v) is 13.9. The molecule has 0 saturated carbocycles. The quantitative estimate of drug-likeness (QED) is 0.441. The third-order valence-electron chi connectivity index (χ3n) is 1.01. The standard InChI is InChI=1S/C7H19BrO2Si3/c1-12(2,3)9-7(11-8)10-13(4,5)6/h7H,1-6H3. The van der Waals surface area contributed by atoms with Gasteiger partial charge in [0.25, 0.3) is 0 Å². The molecule has 13 heavy (non-hydrogen) atoms. The molecule has 0 bridgehead atoms. The lowest BCUT2D eigenvalue weighted by Gasteiger charge is -2.30. The topological polar surface area (TPSA) is 18.5 Å². The van der Waals surface area contributed by atoms with Crippen molar-refractivity contribution in [3.05, 3.63) is 0 Å². The Hall–Kier alpha value is 1.05. The van der Waals surface area contributed by atoms with Crippen molar-refractivity contribution in [2.75, 3.05) is 0 Å². The van der Waals surface area contributed by atoms with E-state index in [2.05, 4.69) is 54.6 Å². The van der Waals surface area contributed by atoms with Crippen LogP contribution in [0.2, 0.25) is 39.3 Å². The summed E-state index contributed by atoms with van der Waals surface area (Å²) in [6, 6.07) is 0. The summed E-state index contributed by atoms with van der Waals surface area (Å²) in [6.07, 6.45) is 0. The van der Waals surface area contributed by atoms with Crippen molar-refractivity contribution in [2.24, 2.45) is 0 Å². The van der Waals surface area contributed by atoms with Crippen LogP contribution in [0.3, 0.4) is 0 Å².